The molecule has 1 aromatic carbocycles. The van der Waals surface area contributed by atoms with E-state index in [4.69, 9.17) is 23.2 Å². The Hall–Kier alpha value is -2.24. The minimum absolute atomic E-state index is 0.140. The monoisotopic (exact) mass is 390 g/mol. The summed E-state index contributed by atoms with van der Waals surface area (Å²) >= 11 is 12.8. The summed E-state index contributed by atoms with van der Waals surface area (Å²) < 4.78 is 14.5. The first kappa shape index (κ1) is 18.5. The fraction of sp³-hybridized carbons (Fsp3) is 0.211. The Balaban J connectivity index is 2.38. The highest BCUT2D eigenvalue weighted by Crippen LogP contribution is 2.38. The first-order valence-corrected chi connectivity index (χ1v) is 8.77. The first-order valence-electron chi connectivity index (χ1n) is 8.02. The molecular weight excluding hydrogens is 374 g/mol. The van der Waals surface area contributed by atoms with Gasteiger partial charge in [-0.25, -0.2) is 4.39 Å². The van der Waals surface area contributed by atoms with Crippen molar-refractivity contribution in [2.24, 2.45) is 9.98 Å². The molecule has 0 saturated heterocycles. The van der Waals surface area contributed by atoms with Gasteiger partial charge in [0.25, 0.3) is 0 Å². The molecule has 2 heterocycles. The molecule has 0 unspecified atom stereocenters. The van der Waals surface area contributed by atoms with Crippen molar-refractivity contribution < 1.29 is 4.39 Å². The van der Waals surface area contributed by atoms with Gasteiger partial charge < -0.3 is 4.90 Å². The normalized spacial score (nSPS) is 16.4. The van der Waals surface area contributed by atoms with Gasteiger partial charge in [-0.2, -0.15) is 0 Å². The molecule has 0 bridgehead atoms. The van der Waals surface area contributed by atoms with Crippen molar-refractivity contribution in [1.82, 2.24) is 4.98 Å². The lowest BCUT2D eigenvalue weighted by atomic mass is 10.0. The second kappa shape index (κ2) is 7.56. The van der Waals surface area contributed by atoms with Gasteiger partial charge in [-0.1, -0.05) is 29.3 Å². The van der Waals surface area contributed by atoms with E-state index in [1.165, 1.54) is 18.3 Å². The van der Waals surface area contributed by atoms with E-state index < -0.39 is 5.82 Å². The SMILES string of the molecule is C/C=C1/CN=C(c2ncccc2F)c2c(ccc(Cl)c2Cl)N1C(C)=NC. The number of hydrogen-bond acceptors (Lipinski definition) is 3. The van der Waals surface area contributed by atoms with Gasteiger partial charge in [-0.3, -0.25) is 15.0 Å². The van der Waals surface area contributed by atoms with Crippen LogP contribution in [-0.2, 0) is 0 Å². The van der Waals surface area contributed by atoms with Gasteiger partial charge in [-0.15, -0.1) is 0 Å². The molecule has 0 radical (unpaired) electrons. The first-order chi connectivity index (χ1) is 12.5. The van der Waals surface area contributed by atoms with Gasteiger partial charge in [0.05, 0.1) is 28.0 Å². The number of allylic oxidation sites excluding steroid dienone is 1. The third kappa shape index (κ3) is 3.13. The van der Waals surface area contributed by atoms with Crippen LogP contribution in [0.25, 0.3) is 0 Å². The highest BCUT2D eigenvalue weighted by molar-refractivity contribution is 6.45. The molecule has 134 valence electrons. The van der Waals surface area contributed by atoms with Crippen LogP contribution >= 0.6 is 23.2 Å². The Morgan fingerprint density at radius 2 is 2.08 bits per heavy atom. The lowest BCUT2D eigenvalue weighted by Crippen LogP contribution is -2.29. The maximum atomic E-state index is 14.5. The van der Waals surface area contributed by atoms with Crippen LogP contribution in [0.15, 0.2) is 52.2 Å². The zero-order valence-electron chi connectivity index (χ0n) is 14.6. The molecule has 0 spiro atoms. The average molecular weight is 391 g/mol. The van der Waals surface area contributed by atoms with E-state index in [1.54, 1.807) is 13.1 Å². The van der Waals surface area contributed by atoms with Crippen molar-refractivity contribution in [1.29, 1.82) is 0 Å². The quantitative estimate of drug-likeness (QED) is 0.499. The number of amidine groups is 1. The molecule has 0 N–H and O–H groups in total. The van der Waals surface area contributed by atoms with Gasteiger partial charge >= 0.3 is 0 Å². The Kier molecular flexibility index (Phi) is 5.39. The van der Waals surface area contributed by atoms with Gasteiger partial charge in [0, 0.05) is 24.5 Å². The molecule has 2 aromatic rings. The summed E-state index contributed by atoms with van der Waals surface area (Å²) in [5, 5.41) is 0.670. The topological polar surface area (TPSA) is 40.9 Å². The van der Waals surface area contributed by atoms with E-state index in [-0.39, 0.29) is 5.69 Å². The number of aromatic nitrogens is 1. The second-order valence-electron chi connectivity index (χ2n) is 5.64. The predicted molar refractivity (Wildman–Crippen MR) is 106 cm³/mol. The van der Waals surface area contributed by atoms with Gasteiger partial charge in [0.15, 0.2) is 5.82 Å². The Morgan fingerprint density at radius 3 is 2.73 bits per heavy atom. The van der Waals surface area contributed by atoms with Gasteiger partial charge in [0.1, 0.15) is 11.5 Å². The van der Waals surface area contributed by atoms with E-state index in [0.717, 1.165) is 17.2 Å². The summed E-state index contributed by atoms with van der Waals surface area (Å²) in [4.78, 5) is 15.1. The number of pyridine rings is 1. The van der Waals surface area contributed by atoms with Crippen molar-refractivity contribution in [2.75, 3.05) is 18.5 Å². The van der Waals surface area contributed by atoms with Crippen molar-refractivity contribution in [2.45, 2.75) is 13.8 Å². The van der Waals surface area contributed by atoms with Crippen LogP contribution in [0.4, 0.5) is 10.1 Å². The maximum Gasteiger partial charge on any atom is 0.151 e. The average Bonchev–Trinajstić information content (AvgIpc) is 2.81. The number of rotatable bonds is 1. The Labute approximate surface area is 161 Å². The van der Waals surface area contributed by atoms with Crippen LogP contribution in [0.2, 0.25) is 10.0 Å². The van der Waals surface area contributed by atoms with Crippen molar-refractivity contribution in [3.63, 3.8) is 0 Å². The molecular formula is C19H17Cl2FN4. The fourth-order valence-corrected chi connectivity index (χ4v) is 3.28. The number of hydrogen-bond donors (Lipinski definition) is 0. The number of fused-ring (bicyclic) bond motifs is 1. The van der Waals surface area contributed by atoms with E-state index in [0.29, 0.717) is 27.9 Å². The molecule has 4 nitrogen and oxygen atoms in total. The molecule has 7 heteroatoms. The number of benzene rings is 1. The lowest BCUT2D eigenvalue weighted by Gasteiger charge is -2.27. The van der Waals surface area contributed by atoms with E-state index in [9.17, 15) is 4.39 Å². The zero-order chi connectivity index (χ0) is 18.8. The number of halogens is 3. The van der Waals surface area contributed by atoms with E-state index >= 15 is 0 Å². The van der Waals surface area contributed by atoms with Gasteiger partial charge in [-0.05, 0) is 38.1 Å². The highest BCUT2D eigenvalue weighted by atomic mass is 35.5. The Morgan fingerprint density at radius 1 is 1.31 bits per heavy atom. The van der Waals surface area contributed by atoms with E-state index in [2.05, 4.69) is 15.0 Å². The molecule has 0 aliphatic carbocycles. The van der Waals surface area contributed by atoms with Crippen LogP contribution in [0, 0.1) is 5.82 Å². The molecule has 1 aliphatic heterocycles. The van der Waals surface area contributed by atoms with Crippen molar-refractivity contribution in [3.05, 3.63) is 69.4 Å². The molecule has 0 atom stereocenters. The maximum absolute atomic E-state index is 14.5. The molecule has 3 rings (SSSR count). The zero-order valence-corrected chi connectivity index (χ0v) is 16.1. The smallest absolute Gasteiger partial charge is 0.151 e. The third-order valence-corrected chi connectivity index (χ3v) is 5.00. The van der Waals surface area contributed by atoms with Crippen LogP contribution in [-0.4, -0.2) is 30.1 Å². The summed E-state index contributed by atoms with van der Waals surface area (Å²) in [6.45, 7) is 4.14. The van der Waals surface area contributed by atoms with Crippen LogP contribution in [0.1, 0.15) is 25.1 Å². The molecule has 26 heavy (non-hydrogen) atoms. The standard InChI is InChI=1S/C19H17Cl2FN4/c1-4-12-10-25-19(18-14(22)6-5-9-24-18)16-15(26(12)11(2)23-3)8-7-13(20)17(16)21/h4-9H,10H2,1-3H3/b12-4-,23-11?. The van der Waals surface area contributed by atoms with Crippen LogP contribution in [0.3, 0.4) is 0 Å². The minimum Gasteiger partial charge on any atom is -0.301 e. The summed E-state index contributed by atoms with van der Waals surface area (Å²) in [7, 11) is 1.71. The number of anilines is 1. The summed E-state index contributed by atoms with van der Waals surface area (Å²) in [5.74, 6) is 0.292. The Bertz CT molecular complexity index is 951. The number of benzodiazepines with no additional fused rings is 1. The van der Waals surface area contributed by atoms with Crippen LogP contribution in [0.5, 0.6) is 0 Å². The van der Waals surface area contributed by atoms with Crippen molar-refractivity contribution >= 4 is 40.4 Å². The van der Waals surface area contributed by atoms with Crippen LogP contribution < -0.4 is 4.90 Å². The number of nitrogens with zero attached hydrogens (tertiary/aromatic N) is 4. The molecule has 1 aromatic heterocycles. The summed E-state index contributed by atoms with van der Waals surface area (Å²) in [6.07, 6.45) is 3.47. The predicted octanol–water partition coefficient (Wildman–Crippen LogP) is 5.14. The largest absolute Gasteiger partial charge is 0.301 e. The summed E-state index contributed by atoms with van der Waals surface area (Å²) in [6, 6.07) is 6.43. The summed E-state index contributed by atoms with van der Waals surface area (Å²) in [5.41, 5.74) is 2.69. The lowest BCUT2D eigenvalue weighted by molar-refractivity contribution is 0.618. The van der Waals surface area contributed by atoms with Crippen molar-refractivity contribution in [3.8, 4) is 0 Å². The number of aliphatic imine (C=N–C) groups is 2. The van der Waals surface area contributed by atoms with Gasteiger partial charge in [0.2, 0.25) is 0 Å². The molecule has 0 saturated carbocycles. The molecule has 1 aliphatic rings. The highest BCUT2D eigenvalue weighted by Gasteiger charge is 2.29. The third-order valence-electron chi connectivity index (χ3n) is 4.20. The van der Waals surface area contributed by atoms with E-state index in [1.807, 2.05) is 30.9 Å². The molecule has 0 fully saturated rings. The second-order valence-corrected chi connectivity index (χ2v) is 6.43. The molecule has 0 amide bonds. The minimum atomic E-state index is -0.468. The fourth-order valence-electron chi connectivity index (χ4n) is 2.87.